The highest BCUT2D eigenvalue weighted by Crippen LogP contribution is 2.18. The maximum Gasteiger partial charge on any atom is 0.340 e. The zero-order valence-electron chi connectivity index (χ0n) is 14.5. The maximum atomic E-state index is 12.4. The summed E-state index contributed by atoms with van der Waals surface area (Å²) in [6, 6.07) is 13.2. The Hall–Kier alpha value is -3.26. The number of carbonyl (C=O) groups excluding carboxylic acids is 1. The van der Waals surface area contributed by atoms with Gasteiger partial charge in [-0.25, -0.2) is 14.7 Å². The van der Waals surface area contributed by atoms with Crippen LogP contribution in [0, 0.1) is 0 Å². The number of ether oxygens (including phenoxy) is 1. The van der Waals surface area contributed by atoms with Crippen LogP contribution in [0.3, 0.4) is 0 Å². The Bertz CT molecular complexity index is 950. The number of methoxy groups -OCH3 is 1. The largest absolute Gasteiger partial charge is 0.497 e. The van der Waals surface area contributed by atoms with Crippen LogP contribution in [0.2, 0.25) is 5.02 Å². The first kappa shape index (κ1) is 18.5. The summed E-state index contributed by atoms with van der Waals surface area (Å²) in [7, 11) is 1.59. The summed E-state index contributed by atoms with van der Waals surface area (Å²) in [6.07, 6.45) is 0.429. The zero-order chi connectivity index (χ0) is 19.2. The molecule has 0 saturated carbocycles. The number of benzene rings is 2. The quantitative estimate of drug-likeness (QED) is 0.521. The van der Waals surface area contributed by atoms with Crippen LogP contribution in [-0.2, 0) is 6.42 Å². The number of amides is 2. The van der Waals surface area contributed by atoms with Crippen molar-refractivity contribution in [2.45, 2.75) is 12.5 Å². The Morgan fingerprint density at radius 3 is 2.48 bits per heavy atom. The second-order valence-electron chi connectivity index (χ2n) is 5.77. The summed E-state index contributed by atoms with van der Waals surface area (Å²) >= 11 is 5.84. The van der Waals surface area contributed by atoms with Gasteiger partial charge in [-0.1, -0.05) is 23.7 Å². The van der Waals surface area contributed by atoms with E-state index in [1.54, 1.807) is 31.4 Å². The van der Waals surface area contributed by atoms with Crippen molar-refractivity contribution >= 4 is 23.3 Å². The zero-order valence-corrected chi connectivity index (χ0v) is 15.2. The third-order valence-electron chi connectivity index (χ3n) is 3.86. The minimum atomic E-state index is -0.537. The molecule has 0 aliphatic heterocycles. The molecule has 1 atom stereocenters. The van der Waals surface area contributed by atoms with Gasteiger partial charge in [-0.3, -0.25) is 4.98 Å². The molecule has 3 rings (SSSR count). The van der Waals surface area contributed by atoms with Gasteiger partial charge in [0.05, 0.1) is 13.2 Å². The molecule has 4 N–H and O–H groups in total. The summed E-state index contributed by atoms with van der Waals surface area (Å²) < 4.78 is 5.15. The molecule has 3 aromatic rings. The fraction of sp³-hybridized carbons (Fsp3) is 0.167. The fourth-order valence-electron chi connectivity index (χ4n) is 2.52. The van der Waals surface area contributed by atoms with Crippen molar-refractivity contribution in [1.29, 1.82) is 0 Å². The van der Waals surface area contributed by atoms with Crippen LogP contribution < -0.4 is 21.1 Å². The molecule has 0 saturated heterocycles. The molecule has 0 bridgehead atoms. The molecule has 140 valence electrons. The van der Waals surface area contributed by atoms with E-state index in [1.165, 1.54) is 0 Å². The van der Waals surface area contributed by atoms with Crippen molar-refractivity contribution < 1.29 is 9.53 Å². The number of H-pyrrole nitrogens is 2. The lowest BCUT2D eigenvalue weighted by atomic mass is 10.1. The molecular formula is C18H18ClN5O3. The molecule has 1 aromatic heterocycles. The number of hydrogen-bond donors (Lipinski definition) is 4. The van der Waals surface area contributed by atoms with Gasteiger partial charge in [0, 0.05) is 17.1 Å². The molecule has 8 nitrogen and oxygen atoms in total. The molecule has 2 amide bonds. The number of nitrogens with zero attached hydrogens (tertiary/aromatic N) is 1. The topological polar surface area (TPSA) is 112 Å². The first-order chi connectivity index (χ1) is 13.0. The molecule has 0 spiro atoms. The molecule has 0 aliphatic carbocycles. The van der Waals surface area contributed by atoms with E-state index in [0.29, 0.717) is 23.0 Å². The SMILES string of the molecule is COc1ccc(CC(NC(=O)Nc2ccc(Cl)cc2)c2n[nH]c(=O)[nH]2)cc1. The van der Waals surface area contributed by atoms with Crippen LogP contribution in [0.15, 0.2) is 53.3 Å². The highest BCUT2D eigenvalue weighted by Gasteiger charge is 2.19. The minimum absolute atomic E-state index is 0.335. The predicted octanol–water partition coefficient (Wildman–Crippen LogP) is 2.87. The second kappa shape index (κ2) is 8.41. The molecule has 0 fully saturated rings. The Labute approximate surface area is 159 Å². The van der Waals surface area contributed by atoms with Gasteiger partial charge in [-0.05, 0) is 42.0 Å². The summed E-state index contributed by atoms with van der Waals surface area (Å²) in [5.41, 5.74) is 1.09. The second-order valence-corrected chi connectivity index (χ2v) is 6.21. The van der Waals surface area contributed by atoms with E-state index in [1.807, 2.05) is 24.3 Å². The number of nitrogens with one attached hydrogen (secondary N) is 4. The van der Waals surface area contributed by atoms with Crippen molar-refractivity contribution in [2.24, 2.45) is 0 Å². The van der Waals surface area contributed by atoms with Crippen LogP contribution in [0.5, 0.6) is 5.75 Å². The monoisotopic (exact) mass is 387 g/mol. The number of anilines is 1. The Morgan fingerprint density at radius 1 is 1.19 bits per heavy atom. The lowest BCUT2D eigenvalue weighted by Crippen LogP contribution is -2.34. The number of aromatic amines is 2. The Balaban J connectivity index is 1.74. The summed E-state index contributed by atoms with van der Waals surface area (Å²) in [5, 5.41) is 12.4. The molecule has 9 heteroatoms. The number of rotatable bonds is 6. The van der Waals surface area contributed by atoms with E-state index < -0.39 is 17.8 Å². The van der Waals surface area contributed by atoms with Gasteiger partial charge in [0.15, 0.2) is 5.82 Å². The molecule has 27 heavy (non-hydrogen) atoms. The van der Waals surface area contributed by atoms with Crippen LogP contribution in [-0.4, -0.2) is 28.3 Å². The third kappa shape index (κ3) is 5.11. The van der Waals surface area contributed by atoms with Crippen molar-refractivity contribution in [1.82, 2.24) is 20.5 Å². The lowest BCUT2D eigenvalue weighted by Gasteiger charge is -2.17. The van der Waals surface area contributed by atoms with E-state index in [-0.39, 0.29) is 0 Å². The Kier molecular flexibility index (Phi) is 5.77. The first-order valence-electron chi connectivity index (χ1n) is 8.14. The smallest absolute Gasteiger partial charge is 0.340 e. The van der Waals surface area contributed by atoms with Gasteiger partial charge < -0.3 is 15.4 Å². The van der Waals surface area contributed by atoms with Crippen LogP contribution >= 0.6 is 11.6 Å². The van der Waals surface area contributed by atoms with Gasteiger partial charge in [0.25, 0.3) is 0 Å². The number of carbonyl (C=O) groups is 1. The minimum Gasteiger partial charge on any atom is -0.497 e. The lowest BCUT2D eigenvalue weighted by molar-refractivity contribution is 0.248. The van der Waals surface area contributed by atoms with E-state index in [2.05, 4.69) is 25.8 Å². The van der Waals surface area contributed by atoms with Crippen molar-refractivity contribution in [3.05, 3.63) is 75.4 Å². The standard InChI is InChI=1S/C18H18ClN5O3/c1-27-14-8-2-11(3-9-14)10-15(16-22-18(26)24-23-16)21-17(25)20-13-6-4-12(19)5-7-13/h2-9,15H,10H2,1H3,(H2,20,21,25)(H2,22,23,24,26). The first-order valence-corrected chi connectivity index (χ1v) is 8.52. The molecule has 1 unspecified atom stereocenters. The normalized spacial score (nSPS) is 11.6. The highest BCUT2D eigenvalue weighted by molar-refractivity contribution is 6.30. The van der Waals surface area contributed by atoms with Gasteiger partial charge in [0.2, 0.25) is 0 Å². The van der Waals surface area contributed by atoms with Gasteiger partial charge in [0.1, 0.15) is 5.75 Å². The fourth-order valence-corrected chi connectivity index (χ4v) is 2.65. The van der Waals surface area contributed by atoms with E-state index in [9.17, 15) is 9.59 Å². The third-order valence-corrected chi connectivity index (χ3v) is 4.11. The summed E-state index contributed by atoms with van der Waals surface area (Å²) in [4.78, 5) is 26.4. The Morgan fingerprint density at radius 2 is 1.89 bits per heavy atom. The van der Waals surface area contributed by atoms with E-state index in [0.717, 1.165) is 11.3 Å². The van der Waals surface area contributed by atoms with Crippen LogP contribution in [0.1, 0.15) is 17.4 Å². The van der Waals surface area contributed by atoms with Crippen LogP contribution in [0.25, 0.3) is 0 Å². The average Bonchev–Trinajstić information content (AvgIpc) is 3.10. The maximum absolute atomic E-state index is 12.4. The van der Waals surface area contributed by atoms with E-state index >= 15 is 0 Å². The van der Waals surface area contributed by atoms with Gasteiger partial charge in [-0.15, -0.1) is 0 Å². The molecule has 2 aromatic carbocycles. The molecule has 0 aliphatic rings. The van der Waals surface area contributed by atoms with Crippen molar-refractivity contribution in [3.63, 3.8) is 0 Å². The number of hydrogen-bond acceptors (Lipinski definition) is 4. The molecular weight excluding hydrogens is 370 g/mol. The summed E-state index contributed by atoms with van der Waals surface area (Å²) in [5.74, 6) is 1.07. The summed E-state index contributed by atoms with van der Waals surface area (Å²) in [6.45, 7) is 0. The number of urea groups is 1. The molecule has 0 radical (unpaired) electrons. The predicted molar refractivity (Wildman–Crippen MR) is 102 cm³/mol. The van der Waals surface area contributed by atoms with Gasteiger partial charge in [-0.2, -0.15) is 5.10 Å². The average molecular weight is 388 g/mol. The number of halogens is 1. The van der Waals surface area contributed by atoms with E-state index in [4.69, 9.17) is 16.3 Å². The van der Waals surface area contributed by atoms with Gasteiger partial charge >= 0.3 is 11.7 Å². The number of aromatic nitrogens is 3. The van der Waals surface area contributed by atoms with Crippen molar-refractivity contribution in [2.75, 3.05) is 12.4 Å². The molecule has 1 heterocycles. The highest BCUT2D eigenvalue weighted by atomic mass is 35.5. The van der Waals surface area contributed by atoms with Crippen LogP contribution in [0.4, 0.5) is 10.5 Å². The van der Waals surface area contributed by atoms with Crippen molar-refractivity contribution in [3.8, 4) is 5.75 Å².